The molecular weight excluding hydrogens is 246 g/mol. The zero-order chi connectivity index (χ0) is 13.7. The van der Waals surface area contributed by atoms with Gasteiger partial charge in [0.2, 0.25) is 0 Å². The van der Waals surface area contributed by atoms with E-state index in [1.165, 1.54) is 0 Å². The Morgan fingerprint density at radius 3 is 2.84 bits per heavy atom. The van der Waals surface area contributed by atoms with Crippen LogP contribution in [0.5, 0.6) is 5.75 Å². The highest BCUT2D eigenvalue weighted by molar-refractivity contribution is 5.92. The first kappa shape index (κ1) is 13.6. The topological polar surface area (TPSA) is 76.8 Å². The minimum atomic E-state index is -0.150. The predicted octanol–water partition coefficient (Wildman–Crippen LogP) is 1.02. The number of carbonyl (C=O) groups excluding carboxylic acids is 1. The number of nitrogens with zero attached hydrogens (tertiary/aromatic N) is 1. The molecular formula is C13H19N3O3. The minimum Gasteiger partial charge on any atom is -0.495 e. The largest absolute Gasteiger partial charge is 0.495 e. The molecule has 0 spiro atoms. The lowest BCUT2D eigenvalue weighted by atomic mass is 10.1. The van der Waals surface area contributed by atoms with E-state index in [0.717, 1.165) is 5.56 Å². The number of morpholine rings is 1. The van der Waals surface area contributed by atoms with Gasteiger partial charge in [-0.1, -0.05) is 12.1 Å². The summed E-state index contributed by atoms with van der Waals surface area (Å²) in [6.07, 6.45) is 0. The van der Waals surface area contributed by atoms with E-state index in [0.29, 0.717) is 44.3 Å². The van der Waals surface area contributed by atoms with Crippen molar-refractivity contribution in [3.63, 3.8) is 0 Å². The maximum Gasteiger partial charge on any atom is 0.322 e. The number of urea groups is 1. The Morgan fingerprint density at radius 2 is 2.21 bits per heavy atom. The average Bonchev–Trinajstić information content (AvgIpc) is 2.48. The summed E-state index contributed by atoms with van der Waals surface area (Å²) in [4.78, 5) is 13.9. The second-order valence-corrected chi connectivity index (χ2v) is 4.23. The van der Waals surface area contributed by atoms with Crippen molar-refractivity contribution in [2.24, 2.45) is 5.73 Å². The molecule has 1 heterocycles. The Hall–Kier alpha value is -1.79. The molecule has 1 aromatic rings. The van der Waals surface area contributed by atoms with Gasteiger partial charge < -0.3 is 25.4 Å². The Morgan fingerprint density at radius 1 is 1.47 bits per heavy atom. The van der Waals surface area contributed by atoms with Gasteiger partial charge in [-0.25, -0.2) is 4.79 Å². The predicted molar refractivity (Wildman–Crippen MR) is 72.3 cm³/mol. The standard InChI is InChI=1S/C13H19N3O3/c1-18-11-4-2-3-10(9-14)12(11)15-13(17)16-5-7-19-8-6-16/h2-4H,5-9,14H2,1H3,(H,15,17). The van der Waals surface area contributed by atoms with Crippen LogP contribution in [0.25, 0.3) is 0 Å². The number of nitrogens with two attached hydrogens (primary N) is 1. The second kappa shape index (κ2) is 6.40. The van der Waals surface area contributed by atoms with E-state index in [1.54, 1.807) is 18.1 Å². The third kappa shape index (κ3) is 3.15. The molecule has 0 saturated carbocycles. The Kier molecular flexibility index (Phi) is 4.59. The van der Waals surface area contributed by atoms with Gasteiger partial charge >= 0.3 is 6.03 Å². The smallest absolute Gasteiger partial charge is 0.322 e. The van der Waals surface area contributed by atoms with Crippen molar-refractivity contribution in [3.05, 3.63) is 23.8 Å². The van der Waals surface area contributed by atoms with Crippen LogP contribution in [0.1, 0.15) is 5.56 Å². The summed E-state index contributed by atoms with van der Waals surface area (Å²) in [6.45, 7) is 2.68. The number of benzene rings is 1. The molecule has 2 rings (SSSR count). The quantitative estimate of drug-likeness (QED) is 0.855. The number of methoxy groups -OCH3 is 1. The number of para-hydroxylation sites is 1. The first-order valence-corrected chi connectivity index (χ1v) is 6.26. The monoisotopic (exact) mass is 265 g/mol. The van der Waals surface area contributed by atoms with E-state index in [1.807, 2.05) is 12.1 Å². The van der Waals surface area contributed by atoms with Gasteiger partial charge in [-0.15, -0.1) is 0 Å². The first-order chi connectivity index (χ1) is 9.26. The number of carbonyl (C=O) groups is 1. The summed E-state index contributed by atoms with van der Waals surface area (Å²) in [5.41, 5.74) is 7.18. The third-order valence-electron chi connectivity index (χ3n) is 3.08. The van der Waals surface area contributed by atoms with Crippen LogP contribution in [-0.2, 0) is 11.3 Å². The molecule has 0 aromatic heterocycles. The molecule has 1 saturated heterocycles. The Balaban J connectivity index is 2.15. The number of rotatable bonds is 3. The highest BCUT2D eigenvalue weighted by Gasteiger charge is 2.19. The van der Waals surface area contributed by atoms with Crippen LogP contribution >= 0.6 is 0 Å². The van der Waals surface area contributed by atoms with Gasteiger partial charge in [0.15, 0.2) is 0 Å². The lowest BCUT2D eigenvalue weighted by Gasteiger charge is -2.27. The highest BCUT2D eigenvalue weighted by Crippen LogP contribution is 2.28. The molecule has 3 N–H and O–H groups in total. The van der Waals surface area contributed by atoms with E-state index in [2.05, 4.69) is 5.32 Å². The van der Waals surface area contributed by atoms with Crippen LogP contribution in [0.2, 0.25) is 0 Å². The van der Waals surface area contributed by atoms with Crippen molar-refractivity contribution in [2.75, 3.05) is 38.7 Å². The van der Waals surface area contributed by atoms with Crippen LogP contribution in [0, 0.1) is 0 Å². The van der Waals surface area contributed by atoms with Gasteiger partial charge in [0.25, 0.3) is 0 Å². The Bertz CT molecular complexity index is 423. The van der Waals surface area contributed by atoms with Crippen molar-refractivity contribution in [3.8, 4) is 5.75 Å². The third-order valence-corrected chi connectivity index (χ3v) is 3.08. The summed E-state index contributed by atoms with van der Waals surface area (Å²) >= 11 is 0. The number of nitrogens with one attached hydrogen (secondary N) is 1. The highest BCUT2D eigenvalue weighted by atomic mass is 16.5. The molecule has 0 aliphatic carbocycles. The van der Waals surface area contributed by atoms with Gasteiger partial charge in [-0.3, -0.25) is 0 Å². The maximum absolute atomic E-state index is 12.2. The van der Waals surface area contributed by atoms with Gasteiger partial charge in [0, 0.05) is 19.6 Å². The molecule has 1 aromatic carbocycles. The zero-order valence-electron chi connectivity index (χ0n) is 11.0. The van der Waals surface area contributed by atoms with Crippen LogP contribution in [0.4, 0.5) is 10.5 Å². The van der Waals surface area contributed by atoms with E-state index >= 15 is 0 Å². The second-order valence-electron chi connectivity index (χ2n) is 4.23. The van der Waals surface area contributed by atoms with E-state index in [4.69, 9.17) is 15.2 Å². The van der Waals surface area contributed by atoms with Gasteiger partial charge in [-0.2, -0.15) is 0 Å². The molecule has 0 unspecified atom stereocenters. The summed E-state index contributed by atoms with van der Waals surface area (Å²) in [5.74, 6) is 0.615. The molecule has 1 aliphatic heterocycles. The molecule has 104 valence electrons. The summed E-state index contributed by atoms with van der Waals surface area (Å²) in [5, 5.41) is 2.88. The van der Waals surface area contributed by atoms with Crippen molar-refractivity contribution < 1.29 is 14.3 Å². The number of hydrogen-bond donors (Lipinski definition) is 2. The normalized spacial score (nSPS) is 15.2. The maximum atomic E-state index is 12.2. The van der Waals surface area contributed by atoms with Crippen LogP contribution in [-0.4, -0.2) is 44.3 Å². The number of amides is 2. The van der Waals surface area contributed by atoms with E-state index < -0.39 is 0 Å². The molecule has 6 nitrogen and oxygen atoms in total. The first-order valence-electron chi connectivity index (χ1n) is 6.26. The zero-order valence-corrected chi connectivity index (χ0v) is 11.0. The Labute approximate surface area is 112 Å². The van der Waals surface area contributed by atoms with E-state index in [9.17, 15) is 4.79 Å². The van der Waals surface area contributed by atoms with Crippen molar-refractivity contribution in [2.45, 2.75) is 6.54 Å². The summed E-state index contributed by atoms with van der Waals surface area (Å²) < 4.78 is 10.5. The average molecular weight is 265 g/mol. The van der Waals surface area contributed by atoms with Crippen LogP contribution < -0.4 is 15.8 Å². The molecule has 0 atom stereocenters. The van der Waals surface area contributed by atoms with Crippen molar-refractivity contribution in [1.82, 2.24) is 4.90 Å². The van der Waals surface area contributed by atoms with Gasteiger partial charge in [0.05, 0.1) is 26.0 Å². The van der Waals surface area contributed by atoms with Crippen molar-refractivity contribution in [1.29, 1.82) is 0 Å². The number of anilines is 1. The van der Waals surface area contributed by atoms with Gasteiger partial charge in [0.1, 0.15) is 5.75 Å². The van der Waals surface area contributed by atoms with Crippen LogP contribution in [0.15, 0.2) is 18.2 Å². The SMILES string of the molecule is COc1cccc(CN)c1NC(=O)N1CCOCC1. The molecule has 0 radical (unpaired) electrons. The minimum absolute atomic E-state index is 0.150. The molecule has 0 bridgehead atoms. The van der Waals surface area contributed by atoms with Crippen molar-refractivity contribution >= 4 is 11.7 Å². The molecule has 1 fully saturated rings. The van der Waals surface area contributed by atoms with Gasteiger partial charge in [-0.05, 0) is 11.6 Å². The lowest BCUT2D eigenvalue weighted by molar-refractivity contribution is 0.0564. The fourth-order valence-corrected chi connectivity index (χ4v) is 2.01. The van der Waals surface area contributed by atoms with E-state index in [-0.39, 0.29) is 6.03 Å². The number of ether oxygens (including phenoxy) is 2. The molecule has 6 heteroatoms. The fourth-order valence-electron chi connectivity index (χ4n) is 2.01. The fraction of sp³-hybridized carbons (Fsp3) is 0.462. The summed E-state index contributed by atoms with van der Waals surface area (Å²) in [6, 6.07) is 5.37. The number of hydrogen-bond acceptors (Lipinski definition) is 4. The summed E-state index contributed by atoms with van der Waals surface area (Å²) in [7, 11) is 1.57. The molecule has 2 amide bonds. The lowest BCUT2D eigenvalue weighted by Crippen LogP contribution is -2.43. The molecule has 19 heavy (non-hydrogen) atoms. The molecule has 1 aliphatic rings. The van der Waals surface area contributed by atoms with Crippen LogP contribution in [0.3, 0.4) is 0 Å².